The normalized spacial score (nSPS) is 11.0. The van der Waals surface area contributed by atoms with Gasteiger partial charge in [-0.25, -0.2) is 9.50 Å². The highest BCUT2D eigenvalue weighted by Gasteiger charge is 2.06. The van der Waals surface area contributed by atoms with Crippen molar-refractivity contribution in [1.82, 2.24) is 14.6 Å². The van der Waals surface area contributed by atoms with E-state index in [9.17, 15) is 0 Å². The Morgan fingerprint density at radius 3 is 3.00 bits per heavy atom. The van der Waals surface area contributed by atoms with Crippen molar-refractivity contribution in [2.45, 2.75) is 20.3 Å². The minimum absolute atomic E-state index is 0.613. The summed E-state index contributed by atoms with van der Waals surface area (Å²) in [6, 6.07) is 1.81. The number of aryl methyl sites for hydroxylation is 2. The van der Waals surface area contributed by atoms with Crippen LogP contribution in [0.25, 0.3) is 5.65 Å². The van der Waals surface area contributed by atoms with Crippen molar-refractivity contribution >= 4 is 17.2 Å². The number of rotatable bonds is 1. The Kier molecular flexibility index (Phi) is 1.96. The third-order valence-electron chi connectivity index (χ3n) is 2.01. The summed E-state index contributed by atoms with van der Waals surface area (Å²) in [6.07, 6.45) is 2.74. The average molecular weight is 196 g/mol. The molecule has 3 nitrogen and oxygen atoms in total. The van der Waals surface area contributed by atoms with Gasteiger partial charge in [0.2, 0.25) is 0 Å². The van der Waals surface area contributed by atoms with E-state index in [1.165, 1.54) is 0 Å². The topological polar surface area (TPSA) is 30.2 Å². The summed E-state index contributed by atoms with van der Waals surface area (Å²) < 4.78 is 1.66. The van der Waals surface area contributed by atoms with Gasteiger partial charge >= 0.3 is 0 Å². The number of fused-ring (bicyclic) bond motifs is 1. The standard InChI is InChI=1S/C9H10ClN3/c1-3-7-5-11-13-8(10)4-6(2)12-9(7)13/h4-5H,3H2,1-2H3. The van der Waals surface area contributed by atoms with Gasteiger partial charge in [-0.3, -0.25) is 0 Å². The van der Waals surface area contributed by atoms with Gasteiger partial charge in [-0.1, -0.05) is 18.5 Å². The Bertz CT molecular complexity index is 447. The smallest absolute Gasteiger partial charge is 0.160 e. The van der Waals surface area contributed by atoms with Crippen LogP contribution in [0.3, 0.4) is 0 Å². The lowest BCUT2D eigenvalue weighted by atomic mass is 10.3. The van der Waals surface area contributed by atoms with Gasteiger partial charge in [0, 0.05) is 11.3 Å². The summed E-state index contributed by atoms with van der Waals surface area (Å²) in [4.78, 5) is 4.38. The van der Waals surface area contributed by atoms with E-state index in [2.05, 4.69) is 17.0 Å². The number of hydrogen-bond acceptors (Lipinski definition) is 2. The molecule has 0 saturated carbocycles. The van der Waals surface area contributed by atoms with Gasteiger partial charge in [0.25, 0.3) is 0 Å². The van der Waals surface area contributed by atoms with Crippen molar-refractivity contribution in [2.24, 2.45) is 0 Å². The highest BCUT2D eigenvalue weighted by Crippen LogP contribution is 2.15. The van der Waals surface area contributed by atoms with Crippen LogP contribution in [0, 0.1) is 6.92 Å². The van der Waals surface area contributed by atoms with E-state index < -0.39 is 0 Å². The molecule has 0 N–H and O–H groups in total. The fraction of sp³-hybridized carbons (Fsp3) is 0.333. The molecule has 0 aliphatic rings. The second kappa shape index (κ2) is 3.00. The molecule has 68 valence electrons. The van der Waals surface area contributed by atoms with Crippen LogP contribution in [0.5, 0.6) is 0 Å². The van der Waals surface area contributed by atoms with Gasteiger partial charge in [-0.05, 0) is 19.4 Å². The van der Waals surface area contributed by atoms with Crippen LogP contribution in [0.4, 0.5) is 0 Å². The maximum absolute atomic E-state index is 5.99. The molecule has 0 unspecified atom stereocenters. The van der Waals surface area contributed by atoms with E-state index >= 15 is 0 Å². The number of hydrogen-bond donors (Lipinski definition) is 0. The molecule has 4 heteroatoms. The highest BCUT2D eigenvalue weighted by molar-refractivity contribution is 6.29. The first-order valence-electron chi connectivity index (χ1n) is 4.22. The van der Waals surface area contributed by atoms with Crippen molar-refractivity contribution in [3.8, 4) is 0 Å². The maximum atomic E-state index is 5.99. The molecule has 0 amide bonds. The zero-order valence-electron chi connectivity index (χ0n) is 7.58. The van der Waals surface area contributed by atoms with Crippen LogP contribution in [0.2, 0.25) is 5.15 Å². The van der Waals surface area contributed by atoms with Gasteiger partial charge in [-0.15, -0.1) is 0 Å². The molecule has 0 aromatic carbocycles. The lowest BCUT2D eigenvalue weighted by Crippen LogP contribution is -1.94. The summed E-state index contributed by atoms with van der Waals surface area (Å²) in [5.41, 5.74) is 2.92. The Labute approximate surface area is 81.4 Å². The van der Waals surface area contributed by atoms with E-state index in [0.717, 1.165) is 23.3 Å². The molecule has 2 heterocycles. The molecular formula is C9H10ClN3. The van der Waals surface area contributed by atoms with Crippen LogP contribution in [0.1, 0.15) is 18.2 Å². The van der Waals surface area contributed by atoms with Crippen molar-refractivity contribution < 1.29 is 0 Å². The third-order valence-corrected chi connectivity index (χ3v) is 2.28. The number of halogens is 1. The molecule has 0 bridgehead atoms. The molecular weight excluding hydrogens is 186 g/mol. The predicted octanol–water partition coefficient (Wildman–Crippen LogP) is 2.25. The van der Waals surface area contributed by atoms with Crippen molar-refractivity contribution in [2.75, 3.05) is 0 Å². The minimum atomic E-state index is 0.613. The van der Waals surface area contributed by atoms with Crippen LogP contribution in [0.15, 0.2) is 12.3 Å². The minimum Gasteiger partial charge on any atom is -0.233 e. The summed E-state index contributed by atoms with van der Waals surface area (Å²) in [5.74, 6) is 0. The monoisotopic (exact) mass is 195 g/mol. The van der Waals surface area contributed by atoms with Gasteiger partial charge < -0.3 is 0 Å². The lowest BCUT2D eigenvalue weighted by molar-refractivity contribution is 0.930. The molecule has 0 saturated heterocycles. The van der Waals surface area contributed by atoms with Crippen molar-refractivity contribution in [3.63, 3.8) is 0 Å². The lowest BCUT2D eigenvalue weighted by Gasteiger charge is -1.99. The summed E-state index contributed by atoms with van der Waals surface area (Å²) in [5, 5.41) is 4.77. The first-order chi connectivity index (χ1) is 6.22. The average Bonchev–Trinajstić information content (AvgIpc) is 2.47. The van der Waals surface area contributed by atoms with Gasteiger partial charge in [-0.2, -0.15) is 5.10 Å². The van der Waals surface area contributed by atoms with E-state index in [1.54, 1.807) is 10.6 Å². The fourth-order valence-corrected chi connectivity index (χ4v) is 1.62. The highest BCUT2D eigenvalue weighted by atomic mass is 35.5. The second-order valence-electron chi connectivity index (χ2n) is 2.98. The van der Waals surface area contributed by atoms with Gasteiger partial charge in [0.1, 0.15) is 5.15 Å². The maximum Gasteiger partial charge on any atom is 0.160 e. The zero-order chi connectivity index (χ0) is 9.42. The van der Waals surface area contributed by atoms with Gasteiger partial charge in [0.15, 0.2) is 5.65 Å². The van der Waals surface area contributed by atoms with E-state index in [-0.39, 0.29) is 0 Å². The molecule has 0 atom stereocenters. The molecule has 2 rings (SSSR count). The zero-order valence-corrected chi connectivity index (χ0v) is 8.34. The Morgan fingerprint density at radius 1 is 1.54 bits per heavy atom. The summed E-state index contributed by atoms with van der Waals surface area (Å²) >= 11 is 5.99. The van der Waals surface area contributed by atoms with E-state index in [0.29, 0.717) is 5.15 Å². The Hall–Kier alpha value is -1.09. The Balaban J connectivity index is 2.82. The summed E-state index contributed by atoms with van der Waals surface area (Å²) in [6.45, 7) is 4.01. The quantitative estimate of drug-likeness (QED) is 0.654. The molecule has 2 aromatic heterocycles. The molecule has 0 fully saturated rings. The Morgan fingerprint density at radius 2 is 2.31 bits per heavy atom. The van der Waals surface area contributed by atoms with Crippen LogP contribution in [-0.2, 0) is 6.42 Å². The predicted molar refractivity (Wildman–Crippen MR) is 52.1 cm³/mol. The second-order valence-corrected chi connectivity index (χ2v) is 3.37. The van der Waals surface area contributed by atoms with Crippen LogP contribution >= 0.6 is 11.6 Å². The third kappa shape index (κ3) is 1.29. The first-order valence-corrected chi connectivity index (χ1v) is 4.60. The first kappa shape index (κ1) is 8.51. The molecule has 0 aliphatic carbocycles. The van der Waals surface area contributed by atoms with E-state index in [4.69, 9.17) is 11.6 Å². The summed E-state index contributed by atoms with van der Waals surface area (Å²) in [7, 11) is 0. The molecule has 0 radical (unpaired) electrons. The van der Waals surface area contributed by atoms with Crippen LogP contribution in [-0.4, -0.2) is 14.6 Å². The van der Waals surface area contributed by atoms with Crippen molar-refractivity contribution in [1.29, 1.82) is 0 Å². The van der Waals surface area contributed by atoms with E-state index in [1.807, 2.05) is 13.1 Å². The van der Waals surface area contributed by atoms with Gasteiger partial charge in [0.05, 0.1) is 6.20 Å². The van der Waals surface area contributed by atoms with Crippen LogP contribution < -0.4 is 0 Å². The number of nitrogens with zero attached hydrogens (tertiary/aromatic N) is 3. The molecule has 0 aliphatic heterocycles. The number of aromatic nitrogens is 3. The molecule has 13 heavy (non-hydrogen) atoms. The molecule has 2 aromatic rings. The van der Waals surface area contributed by atoms with Crippen molar-refractivity contribution in [3.05, 3.63) is 28.7 Å². The fourth-order valence-electron chi connectivity index (χ4n) is 1.33. The SMILES string of the molecule is CCc1cnn2c(Cl)cc(C)nc12. The largest absolute Gasteiger partial charge is 0.233 e. The molecule has 0 spiro atoms.